The number of carbonyl (C=O) groups excluding carboxylic acids is 1. The predicted octanol–water partition coefficient (Wildman–Crippen LogP) is 6.39. The summed E-state index contributed by atoms with van der Waals surface area (Å²) in [5.41, 5.74) is 2.16. The Morgan fingerprint density at radius 3 is 2.07 bits per heavy atom. The second-order valence-electron chi connectivity index (χ2n) is 8.03. The molecule has 0 aliphatic rings. The zero-order valence-electron chi connectivity index (χ0n) is 18.8. The molecule has 0 amide bonds. The summed E-state index contributed by atoms with van der Waals surface area (Å²) < 4.78 is 11.7. The zero-order valence-corrected chi connectivity index (χ0v) is 21.7. The van der Waals surface area contributed by atoms with E-state index in [9.17, 15) is 4.79 Å². The van der Waals surface area contributed by atoms with Crippen LogP contribution in [0, 0.1) is 13.8 Å². The van der Waals surface area contributed by atoms with Crippen LogP contribution in [0.4, 0.5) is 0 Å². The third kappa shape index (κ3) is 6.30. The van der Waals surface area contributed by atoms with E-state index in [1.165, 1.54) is 19.3 Å². The van der Waals surface area contributed by atoms with E-state index in [4.69, 9.17) is 3.07 Å². The third-order valence-corrected chi connectivity index (χ3v) is 18.2. The molecule has 0 atom stereocenters. The summed E-state index contributed by atoms with van der Waals surface area (Å²) in [7, 11) is 0. The number of nitrogens with zero attached hydrogens (tertiary/aromatic N) is 3. The van der Waals surface area contributed by atoms with Crippen molar-refractivity contribution in [1.82, 2.24) is 14.8 Å². The summed E-state index contributed by atoms with van der Waals surface area (Å²) in [4.78, 5) is 17.8. The monoisotopic (exact) mass is 507 g/mol. The molecule has 0 saturated carbocycles. The van der Waals surface area contributed by atoms with Gasteiger partial charge in [0.15, 0.2) is 0 Å². The van der Waals surface area contributed by atoms with Crippen LogP contribution in [0.1, 0.15) is 81.0 Å². The molecule has 0 aliphatic carbocycles. The van der Waals surface area contributed by atoms with Gasteiger partial charge in [-0.1, -0.05) is 0 Å². The van der Waals surface area contributed by atoms with Crippen molar-refractivity contribution < 1.29 is 7.87 Å². The Hall–Kier alpha value is -1.37. The summed E-state index contributed by atoms with van der Waals surface area (Å²) >= 11 is -3.02. The molecule has 0 saturated heterocycles. The molecule has 2 rings (SSSR count). The van der Waals surface area contributed by atoms with Crippen molar-refractivity contribution in [2.45, 2.75) is 86.5 Å². The third-order valence-electron chi connectivity index (χ3n) is 5.63. The van der Waals surface area contributed by atoms with Gasteiger partial charge in [0, 0.05) is 0 Å². The van der Waals surface area contributed by atoms with Crippen molar-refractivity contribution in [2.75, 3.05) is 0 Å². The van der Waals surface area contributed by atoms with Crippen LogP contribution in [0.25, 0.3) is 5.82 Å². The van der Waals surface area contributed by atoms with E-state index >= 15 is 0 Å². The van der Waals surface area contributed by atoms with Crippen LogP contribution in [0.3, 0.4) is 0 Å². The summed E-state index contributed by atoms with van der Waals surface area (Å²) in [5.74, 6) is 0.575. The van der Waals surface area contributed by atoms with E-state index in [2.05, 4.69) is 30.9 Å². The maximum atomic E-state index is 13.4. The normalized spacial score (nSPS) is 11.6. The van der Waals surface area contributed by atoms with Crippen LogP contribution in [-0.4, -0.2) is 39.5 Å². The molecule has 0 N–H and O–H groups in total. The molecule has 0 radical (unpaired) electrons. The van der Waals surface area contributed by atoms with Gasteiger partial charge in [-0.25, -0.2) is 0 Å². The molecule has 160 valence electrons. The van der Waals surface area contributed by atoms with Crippen LogP contribution in [0.2, 0.25) is 13.3 Å². The second-order valence-corrected chi connectivity index (χ2v) is 19.6. The van der Waals surface area contributed by atoms with E-state index in [-0.39, 0.29) is 5.97 Å². The van der Waals surface area contributed by atoms with E-state index < -0.39 is 18.8 Å². The molecule has 0 aromatic carbocycles. The number of hydrogen-bond acceptors (Lipinski definition) is 4. The van der Waals surface area contributed by atoms with Crippen LogP contribution < -0.4 is 0 Å². The first-order valence-corrected chi connectivity index (χ1v) is 18.4. The van der Waals surface area contributed by atoms with Gasteiger partial charge in [0.1, 0.15) is 0 Å². The van der Waals surface area contributed by atoms with Crippen molar-refractivity contribution >= 4 is 24.8 Å². The number of carbonyl (C=O) groups is 1. The average molecular weight is 506 g/mol. The number of aryl methyl sites for hydroxylation is 1. The maximum absolute atomic E-state index is 13.4. The van der Waals surface area contributed by atoms with Gasteiger partial charge < -0.3 is 0 Å². The first kappa shape index (κ1) is 23.9. The molecule has 6 heteroatoms. The molecule has 0 unspecified atom stereocenters. The van der Waals surface area contributed by atoms with E-state index in [0.29, 0.717) is 5.56 Å². The van der Waals surface area contributed by atoms with Gasteiger partial charge in [-0.15, -0.1) is 0 Å². The molecular weight excluding hydrogens is 469 g/mol. The Bertz CT molecular complexity index is 752. The number of rotatable bonds is 12. The Kier molecular flexibility index (Phi) is 9.66. The van der Waals surface area contributed by atoms with Crippen LogP contribution >= 0.6 is 0 Å². The Balaban J connectivity index is 2.33. The van der Waals surface area contributed by atoms with Gasteiger partial charge in [-0.3, -0.25) is 0 Å². The fourth-order valence-electron chi connectivity index (χ4n) is 3.91. The average Bonchev–Trinajstić information content (AvgIpc) is 3.03. The van der Waals surface area contributed by atoms with E-state index in [1.807, 2.05) is 32.0 Å². The minimum atomic E-state index is -3.02. The standard InChI is InChI=1S/C11H11N3O2.3C4H9.Sn/c1-7-10(11(15)16)8(2)14(13-7)9-5-3-4-6-12-9;3*1-3-4-2;/h3-6H,1-2H3,(H,15,16);3*1,3-4H2,2H3;/q;;;;+1/p-1. The Morgan fingerprint density at radius 1 is 1.00 bits per heavy atom. The molecule has 0 spiro atoms. The van der Waals surface area contributed by atoms with Gasteiger partial charge in [-0.2, -0.15) is 0 Å². The van der Waals surface area contributed by atoms with Gasteiger partial charge in [0.25, 0.3) is 0 Å². The van der Waals surface area contributed by atoms with E-state index in [1.54, 1.807) is 10.9 Å². The summed E-state index contributed by atoms with van der Waals surface area (Å²) in [5, 5.41) is 4.59. The number of hydrogen-bond donors (Lipinski definition) is 0. The molecule has 0 bridgehead atoms. The fourth-order valence-corrected chi connectivity index (χ4v) is 16.9. The van der Waals surface area contributed by atoms with Gasteiger partial charge in [0.2, 0.25) is 0 Å². The molecular formula is C23H37N3O2Sn. The van der Waals surface area contributed by atoms with Crippen molar-refractivity contribution in [3.8, 4) is 5.82 Å². The van der Waals surface area contributed by atoms with Gasteiger partial charge in [-0.05, 0) is 0 Å². The quantitative estimate of drug-likeness (QED) is 0.313. The molecule has 0 aliphatic heterocycles. The van der Waals surface area contributed by atoms with Gasteiger partial charge in [0.05, 0.1) is 0 Å². The first-order valence-electron chi connectivity index (χ1n) is 11.2. The number of unbranched alkanes of at least 4 members (excludes halogenated alkanes) is 3. The zero-order chi connectivity index (χ0) is 21.3. The second kappa shape index (κ2) is 11.7. The molecule has 29 heavy (non-hydrogen) atoms. The minimum absolute atomic E-state index is 0.152. The Labute approximate surface area is 180 Å². The van der Waals surface area contributed by atoms with Crippen molar-refractivity contribution in [1.29, 1.82) is 0 Å². The summed E-state index contributed by atoms with van der Waals surface area (Å²) in [6, 6.07) is 5.71. The van der Waals surface area contributed by atoms with Crippen LogP contribution in [-0.2, 0) is 3.07 Å². The van der Waals surface area contributed by atoms with Crippen molar-refractivity contribution in [2.24, 2.45) is 0 Å². The first-order chi connectivity index (χ1) is 14.0. The van der Waals surface area contributed by atoms with Crippen LogP contribution in [0.5, 0.6) is 0 Å². The van der Waals surface area contributed by atoms with Gasteiger partial charge >= 0.3 is 181 Å². The topological polar surface area (TPSA) is 57.0 Å². The summed E-state index contributed by atoms with van der Waals surface area (Å²) in [6.07, 6.45) is 8.72. The fraction of sp³-hybridized carbons (Fsp3) is 0.609. The molecule has 2 heterocycles. The Morgan fingerprint density at radius 2 is 1.59 bits per heavy atom. The number of aromatic nitrogens is 3. The van der Waals surface area contributed by atoms with Crippen molar-refractivity contribution in [3.05, 3.63) is 41.3 Å². The molecule has 2 aromatic heterocycles. The molecule has 0 fully saturated rings. The van der Waals surface area contributed by atoms with Crippen molar-refractivity contribution in [3.63, 3.8) is 0 Å². The predicted molar refractivity (Wildman–Crippen MR) is 121 cm³/mol. The number of pyridine rings is 1. The van der Waals surface area contributed by atoms with Crippen LogP contribution in [0.15, 0.2) is 24.4 Å². The summed E-state index contributed by atoms with van der Waals surface area (Å²) in [6.45, 7) is 10.5. The van der Waals surface area contributed by atoms with E-state index in [0.717, 1.165) is 49.8 Å². The SMILES string of the molecule is CCC[CH2][Sn]([CH2]CCC)([CH2]CCC)[O]C(=O)c1c(C)nn(-c2ccccn2)c1C. The molecule has 5 nitrogen and oxygen atoms in total. The molecule has 2 aromatic rings.